The van der Waals surface area contributed by atoms with Crippen molar-refractivity contribution in [3.8, 4) is 0 Å². The first-order valence-electron chi connectivity index (χ1n) is 5.91. The second-order valence-corrected chi connectivity index (χ2v) is 4.44. The van der Waals surface area contributed by atoms with Gasteiger partial charge in [-0.25, -0.2) is 9.18 Å². The van der Waals surface area contributed by atoms with Crippen LogP contribution in [0.25, 0.3) is 0 Å². The molecule has 0 spiro atoms. The molecule has 0 unspecified atom stereocenters. The third kappa shape index (κ3) is 3.03. The molecular formula is C13H16FNO2. The van der Waals surface area contributed by atoms with Gasteiger partial charge in [0, 0.05) is 6.54 Å². The van der Waals surface area contributed by atoms with Crippen LogP contribution >= 0.6 is 0 Å². The average molecular weight is 237 g/mol. The van der Waals surface area contributed by atoms with Crippen LogP contribution in [0.2, 0.25) is 0 Å². The first kappa shape index (κ1) is 12.0. The first-order chi connectivity index (χ1) is 8.16. The van der Waals surface area contributed by atoms with E-state index in [2.05, 4.69) is 4.90 Å². The van der Waals surface area contributed by atoms with Crippen LogP contribution < -0.4 is 0 Å². The molecule has 0 amide bonds. The number of carboxylic acids is 1. The van der Waals surface area contributed by atoms with Crippen molar-refractivity contribution in [2.24, 2.45) is 0 Å². The Labute approximate surface area is 99.9 Å². The highest BCUT2D eigenvalue weighted by Gasteiger charge is 2.16. The lowest BCUT2D eigenvalue weighted by atomic mass is 10.0. The summed E-state index contributed by atoms with van der Waals surface area (Å²) >= 11 is 0. The SMILES string of the molecule is O=C(O)c1cc(F)ccc1CN1CCCCC1. The molecule has 3 nitrogen and oxygen atoms in total. The van der Waals surface area contributed by atoms with Crippen molar-refractivity contribution in [3.05, 3.63) is 35.1 Å². The minimum absolute atomic E-state index is 0.0792. The lowest BCUT2D eigenvalue weighted by Gasteiger charge is -2.26. The van der Waals surface area contributed by atoms with E-state index in [1.54, 1.807) is 6.07 Å². The first-order valence-corrected chi connectivity index (χ1v) is 5.91. The Bertz CT molecular complexity index is 414. The van der Waals surface area contributed by atoms with Gasteiger partial charge in [0.15, 0.2) is 0 Å². The predicted molar refractivity (Wildman–Crippen MR) is 62.5 cm³/mol. The van der Waals surface area contributed by atoms with Crippen molar-refractivity contribution < 1.29 is 14.3 Å². The molecule has 0 aliphatic carbocycles. The molecule has 17 heavy (non-hydrogen) atoms. The van der Waals surface area contributed by atoms with Crippen molar-refractivity contribution in [2.45, 2.75) is 25.8 Å². The van der Waals surface area contributed by atoms with Gasteiger partial charge in [0.2, 0.25) is 0 Å². The highest BCUT2D eigenvalue weighted by molar-refractivity contribution is 5.89. The van der Waals surface area contributed by atoms with E-state index in [0.717, 1.165) is 32.0 Å². The molecule has 1 saturated heterocycles. The molecule has 0 saturated carbocycles. The average Bonchev–Trinajstić information content (AvgIpc) is 2.32. The van der Waals surface area contributed by atoms with E-state index >= 15 is 0 Å². The maximum atomic E-state index is 13.0. The molecule has 1 aliphatic heterocycles. The van der Waals surface area contributed by atoms with Gasteiger partial charge in [0.25, 0.3) is 0 Å². The molecule has 1 aromatic carbocycles. The van der Waals surface area contributed by atoms with Crippen LogP contribution in [0.3, 0.4) is 0 Å². The second-order valence-electron chi connectivity index (χ2n) is 4.44. The summed E-state index contributed by atoms with van der Waals surface area (Å²) in [5, 5.41) is 9.03. The highest BCUT2D eigenvalue weighted by Crippen LogP contribution is 2.17. The van der Waals surface area contributed by atoms with Gasteiger partial charge in [-0.15, -0.1) is 0 Å². The normalized spacial score (nSPS) is 17.0. The topological polar surface area (TPSA) is 40.5 Å². The number of carbonyl (C=O) groups is 1. The standard InChI is InChI=1S/C13H16FNO2/c14-11-5-4-10(12(8-11)13(16)17)9-15-6-2-1-3-7-15/h4-5,8H,1-3,6-7,9H2,(H,16,17). The van der Waals surface area contributed by atoms with E-state index < -0.39 is 11.8 Å². The van der Waals surface area contributed by atoms with Gasteiger partial charge < -0.3 is 5.11 Å². The van der Waals surface area contributed by atoms with Crippen LogP contribution in [-0.4, -0.2) is 29.1 Å². The van der Waals surface area contributed by atoms with Crippen LogP contribution in [0.4, 0.5) is 4.39 Å². The summed E-state index contributed by atoms with van der Waals surface area (Å²) in [4.78, 5) is 13.3. The Balaban J connectivity index is 2.16. The van der Waals surface area contributed by atoms with Crippen molar-refractivity contribution in [3.63, 3.8) is 0 Å². The number of nitrogens with zero attached hydrogens (tertiary/aromatic N) is 1. The number of piperidine rings is 1. The van der Waals surface area contributed by atoms with Gasteiger partial charge >= 0.3 is 5.97 Å². The number of carboxylic acid groups (broad SMARTS) is 1. The van der Waals surface area contributed by atoms with E-state index in [0.29, 0.717) is 12.1 Å². The summed E-state index contributed by atoms with van der Waals surface area (Å²) in [6.07, 6.45) is 3.55. The number of halogens is 1. The van der Waals surface area contributed by atoms with Crippen LogP contribution in [-0.2, 0) is 6.54 Å². The highest BCUT2D eigenvalue weighted by atomic mass is 19.1. The van der Waals surface area contributed by atoms with Gasteiger partial charge in [0.1, 0.15) is 5.82 Å². The zero-order valence-corrected chi connectivity index (χ0v) is 9.66. The smallest absolute Gasteiger partial charge is 0.336 e. The largest absolute Gasteiger partial charge is 0.478 e. The molecule has 1 heterocycles. The summed E-state index contributed by atoms with van der Waals surface area (Å²) in [6.45, 7) is 2.59. The fourth-order valence-electron chi connectivity index (χ4n) is 2.24. The Morgan fingerprint density at radius 3 is 2.65 bits per heavy atom. The fourth-order valence-corrected chi connectivity index (χ4v) is 2.24. The Morgan fingerprint density at radius 1 is 1.29 bits per heavy atom. The Morgan fingerprint density at radius 2 is 2.00 bits per heavy atom. The summed E-state index contributed by atoms with van der Waals surface area (Å²) in [5.41, 5.74) is 0.774. The maximum absolute atomic E-state index is 13.0. The van der Waals surface area contributed by atoms with Crippen molar-refractivity contribution >= 4 is 5.97 Å². The van der Waals surface area contributed by atoms with Gasteiger partial charge in [-0.2, -0.15) is 0 Å². The molecule has 2 rings (SSSR count). The molecule has 1 aliphatic rings. The van der Waals surface area contributed by atoms with Crippen LogP contribution in [0.1, 0.15) is 35.2 Å². The van der Waals surface area contributed by atoms with Crippen LogP contribution in [0, 0.1) is 5.82 Å². The molecule has 92 valence electrons. The Hall–Kier alpha value is -1.42. The molecule has 0 aromatic heterocycles. The van der Waals surface area contributed by atoms with E-state index in [1.807, 2.05) is 0 Å². The molecule has 1 N–H and O–H groups in total. The summed E-state index contributed by atoms with van der Waals surface area (Å²) < 4.78 is 13.0. The molecule has 0 atom stereocenters. The van der Waals surface area contributed by atoms with E-state index in [1.165, 1.54) is 12.5 Å². The van der Waals surface area contributed by atoms with Crippen molar-refractivity contribution in [1.29, 1.82) is 0 Å². The van der Waals surface area contributed by atoms with E-state index in [4.69, 9.17) is 5.11 Å². The third-order valence-corrected chi connectivity index (χ3v) is 3.14. The number of hydrogen-bond donors (Lipinski definition) is 1. The van der Waals surface area contributed by atoms with Gasteiger partial charge in [-0.1, -0.05) is 12.5 Å². The number of rotatable bonds is 3. The van der Waals surface area contributed by atoms with E-state index in [9.17, 15) is 9.18 Å². The van der Waals surface area contributed by atoms with E-state index in [-0.39, 0.29) is 5.56 Å². The van der Waals surface area contributed by atoms with Crippen LogP contribution in [0.15, 0.2) is 18.2 Å². The maximum Gasteiger partial charge on any atom is 0.336 e. The lowest BCUT2D eigenvalue weighted by molar-refractivity contribution is 0.0693. The van der Waals surface area contributed by atoms with Gasteiger partial charge in [-0.3, -0.25) is 4.90 Å². The molecular weight excluding hydrogens is 221 g/mol. The Kier molecular flexibility index (Phi) is 3.74. The van der Waals surface area contributed by atoms with Crippen LogP contribution in [0.5, 0.6) is 0 Å². The number of hydrogen-bond acceptors (Lipinski definition) is 2. The minimum atomic E-state index is -1.06. The van der Waals surface area contributed by atoms with Crippen molar-refractivity contribution in [2.75, 3.05) is 13.1 Å². The zero-order chi connectivity index (χ0) is 12.3. The molecule has 0 bridgehead atoms. The molecule has 0 radical (unpaired) electrons. The molecule has 4 heteroatoms. The second kappa shape index (κ2) is 5.27. The number of aromatic carboxylic acids is 1. The summed E-state index contributed by atoms with van der Waals surface area (Å²) in [7, 11) is 0. The summed E-state index contributed by atoms with van der Waals surface area (Å²) in [5.74, 6) is -1.55. The number of likely N-dealkylation sites (tertiary alicyclic amines) is 1. The van der Waals surface area contributed by atoms with Gasteiger partial charge in [-0.05, 0) is 43.6 Å². The zero-order valence-electron chi connectivity index (χ0n) is 9.66. The third-order valence-electron chi connectivity index (χ3n) is 3.14. The van der Waals surface area contributed by atoms with Gasteiger partial charge in [0.05, 0.1) is 5.56 Å². The molecule has 1 aromatic rings. The van der Waals surface area contributed by atoms with Crippen molar-refractivity contribution in [1.82, 2.24) is 4.90 Å². The quantitative estimate of drug-likeness (QED) is 0.878. The fraction of sp³-hybridized carbons (Fsp3) is 0.462. The minimum Gasteiger partial charge on any atom is -0.478 e. The lowest BCUT2D eigenvalue weighted by Crippen LogP contribution is -2.29. The summed E-state index contributed by atoms with van der Waals surface area (Å²) in [6, 6.07) is 4.00. The number of benzene rings is 1. The predicted octanol–water partition coefficient (Wildman–Crippen LogP) is 2.51. The molecule has 1 fully saturated rings. The monoisotopic (exact) mass is 237 g/mol.